The summed E-state index contributed by atoms with van der Waals surface area (Å²) in [6.07, 6.45) is 1.97. The van der Waals surface area contributed by atoms with Crippen molar-refractivity contribution in [3.05, 3.63) is 101 Å². The van der Waals surface area contributed by atoms with Gasteiger partial charge in [0.25, 0.3) is 0 Å². The van der Waals surface area contributed by atoms with Crippen LogP contribution in [-0.4, -0.2) is 13.7 Å². The number of nitrogens with zero attached hydrogens (tertiary/aromatic N) is 1. The van der Waals surface area contributed by atoms with Gasteiger partial charge in [-0.25, -0.2) is 4.79 Å². The predicted octanol–water partition coefficient (Wildman–Crippen LogP) is 6.92. The van der Waals surface area contributed by atoms with Crippen LogP contribution < -0.4 is 15.3 Å². The summed E-state index contributed by atoms with van der Waals surface area (Å²) < 4.78 is 11.3. The molecule has 1 heterocycles. The number of unbranched alkanes of at least 4 members (excludes halogenated alkanes) is 1. The quantitative estimate of drug-likeness (QED) is 0.307. The molecule has 0 bridgehead atoms. The molecular weight excluding hydrogens is 398 g/mol. The lowest BCUT2D eigenvalue weighted by molar-refractivity contribution is 0.415. The van der Waals surface area contributed by atoms with Gasteiger partial charge in [0.15, 0.2) is 0 Å². The summed E-state index contributed by atoms with van der Waals surface area (Å²) in [7, 11) is 1.65. The van der Waals surface area contributed by atoms with Gasteiger partial charge in [-0.05, 0) is 42.3 Å². The highest BCUT2D eigenvalue weighted by atomic mass is 16.5. The van der Waals surface area contributed by atoms with Crippen LogP contribution in [0.3, 0.4) is 0 Å². The van der Waals surface area contributed by atoms with Crippen LogP contribution in [0.5, 0.6) is 5.75 Å². The smallest absolute Gasteiger partial charge is 0.360 e. The fourth-order valence-corrected chi connectivity index (χ4v) is 3.75. The molecule has 0 aliphatic heterocycles. The second-order valence-electron chi connectivity index (χ2n) is 7.60. The highest BCUT2D eigenvalue weighted by Crippen LogP contribution is 2.35. The summed E-state index contributed by atoms with van der Waals surface area (Å²) in [5, 5.41) is 0. The number of hydrogen-bond donors (Lipinski definition) is 0. The Hall–Kier alpha value is -3.79. The number of rotatable bonds is 8. The highest BCUT2D eigenvalue weighted by Gasteiger charge is 2.20. The van der Waals surface area contributed by atoms with Gasteiger partial charge >= 0.3 is 5.63 Å². The molecular formula is C28H27NO3. The van der Waals surface area contributed by atoms with E-state index in [2.05, 4.69) is 6.92 Å². The summed E-state index contributed by atoms with van der Waals surface area (Å²) in [6.45, 7) is 2.86. The average Bonchev–Trinajstić information content (AvgIpc) is 2.86. The molecule has 0 N–H and O–H groups in total. The van der Waals surface area contributed by atoms with Gasteiger partial charge in [-0.2, -0.15) is 0 Å². The van der Waals surface area contributed by atoms with E-state index in [1.807, 2.05) is 95.9 Å². The number of ether oxygens (including phenoxy) is 1. The van der Waals surface area contributed by atoms with Gasteiger partial charge in [-0.15, -0.1) is 0 Å². The third-order valence-corrected chi connectivity index (χ3v) is 5.46. The molecule has 0 saturated heterocycles. The van der Waals surface area contributed by atoms with Gasteiger partial charge in [-0.3, -0.25) is 0 Å². The molecule has 0 aliphatic carbocycles. The lowest BCUT2D eigenvalue weighted by Crippen LogP contribution is -2.24. The van der Waals surface area contributed by atoms with Crippen LogP contribution in [0, 0.1) is 0 Å². The van der Waals surface area contributed by atoms with Crippen LogP contribution in [0.25, 0.3) is 22.5 Å². The van der Waals surface area contributed by atoms with E-state index in [1.165, 1.54) is 0 Å². The van der Waals surface area contributed by atoms with E-state index < -0.39 is 0 Å². The first-order chi connectivity index (χ1) is 15.7. The molecule has 0 saturated carbocycles. The first-order valence-corrected chi connectivity index (χ1v) is 10.9. The first-order valence-electron chi connectivity index (χ1n) is 10.9. The minimum absolute atomic E-state index is 0.351. The Morgan fingerprint density at radius 2 is 1.47 bits per heavy atom. The molecule has 4 aromatic rings. The van der Waals surface area contributed by atoms with Crippen molar-refractivity contribution in [2.24, 2.45) is 0 Å². The van der Waals surface area contributed by atoms with Crippen LogP contribution in [0.2, 0.25) is 0 Å². The van der Waals surface area contributed by atoms with E-state index >= 15 is 0 Å². The Morgan fingerprint density at radius 3 is 2.06 bits per heavy atom. The maximum absolute atomic E-state index is 13.3. The molecule has 0 unspecified atom stereocenters. The van der Waals surface area contributed by atoms with Crippen molar-refractivity contribution in [3.8, 4) is 28.2 Å². The average molecular weight is 426 g/mol. The molecule has 0 aliphatic rings. The lowest BCUT2D eigenvalue weighted by Gasteiger charge is -2.25. The Kier molecular flexibility index (Phi) is 6.71. The molecule has 4 nitrogen and oxygen atoms in total. The number of benzene rings is 3. The fraction of sp³-hybridized carbons (Fsp3) is 0.179. The fourth-order valence-electron chi connectivity index (χ4n) is 3.75. The summed E-state index contributed by atoms with van der Waals surface area (Å²) in [6, 6.07) is 29.5. The Bertz CT molecular complexity index is 1200. The molecule has 162 valence electrons. The van der Waals surface area contributed by atoms with E-state index in [9.17, 15) is 4.79 Å². The van der Waals surface area contributed by atoms with Crippen molar-refractivity contribution in [2.45, 2.75) is 19.8 Å². The topological polar surface area (TPSA) is 42.7 Å². The molecule has 3 aromatic carbocycles. The summed E-state index contributed by atoms with van der Waals surface area (Å²) in [5.74, 6) is 1.36. The van der Waals surface area contributed by atoms with Crippen LogP contribution in [0.1, 0.15) is 19.8 Å². The van der Waals surface area contributed by atoms with E-state index in [0.29, 0.717) is 18.0 Å². The third kappa shape index (κ3) is 4.59. The third-order valence-electron chi connectivity index (χ3n) is 5.46. The van der Waals surface area contributed by atoms with Crippen LogP contribution in [0.4, 0.5) is 11.4 Å². The highest BCUT2D eigenvalue weighted by molar-refractivity contribution is 5.82. The molecule has 0 atom stereocenters. The predicted molar refractivity (Wildman–Crippen MR) is 131 cm³/mol. The van der Waals surface area contributed by atoms with Crippen molar-refractivity contribution in [2.75, 3.05) is 18.6 Å². The number of hydrogen-bond acceptors (Lipinski definition) is 4. The monoisotopic (exact) mass is 425 g/mol. The van der Waals surface area contributed by atoms with E-state index in [0.717, 1.165) is 41.0 Å². The molecule has 4 rings (SSSR count). The molecule has 0 amide bonds. The zero-order chi connectivity index (χ0) is 22.3. The Balaban J connectivity index is 1.89. The van der Waals surface area contributed by atoms with E-state index in [1.54, 1.807) is 7.11 Å². The lowest BCUT2D eigenvalue weighted by atomic mass is 10.00. The maximum Gasteiger partial charge on any atom is 0.360 e. The molecule has 0 radical (unpaired) electrons. The maximum atomic E-state index is 13.3. The normalized spacial score (nSPS) is 10.7. The summed E-state index contributed by atoms with van der Waals surface area (Å²) >= 11 is 0. The molecule has 1 aromatic heterocycles. The number of methoxy groups -OCH3 is 1. The minimum atomic E-state index is -0.351. The second-order valence-corrected chi connectivity index (χ2v) is 7.60. The molecule has 0 spiro atoms. The van der Waals surface area contributed by atoms with Gasteiger partial charge in [0.2, 0.25) is 0 Å². The van der Waals surface area contributed by atoms with Gasteiger partial charge in [0.1, 0.15) is 17.2 Å². The van der Waals surface area contributed by atoms with Gasteiger partial charge in [0, 0.05) is 23.4 Å². The van der Waals surface area contributed by atoms with Crippen molar-refractivity contribution in [3.63, 3.8) is 0 Å². The molecule has 0 fully saturated rings. The zero-order valence-corrected chi connectivity index (χ0v) is 18.5. The Labute approximate surface area is 188 Å². The zero-order valence-electron chi connectivity index (χ0n) is 18.5. The Morgan fingerprint density at radius 1 is 0.844 bits per heavy atom. The van der Waals surface area contributed by atoms with Crippen molar-refractivity contribution in [1.82, 2.24) is 0 Å². The SMILES string of the molecule is CCCCN(c1ccc(OC)cc1)c1cc(-c2ccccc2)c(-c2ccccc2)oc1=O. The second kappa shape index (κ2) is 10.0. The van der Waals surface area contributed by atoms with Crippen LogP contribution >= 0.6 is 0 Å². The van der Waals surface area contributed by atoms with Gasteiger partial charge in [0.05, 0.1) is 7.11 Å². The summed E-state index contributed by atoms with van der Waals surface area (Å²) in [5.41, 5.74) is 3.87. The van der Waals surface area contributed by atoms with Gasteiger partial charge < -0.3 is 14.1 Å². The van der Waals surface area contributed by atoms with E-state index in [4.69, 9.17) is 9.15 Å². The van der Waals surface area contributed by atoms with Gasteiger partial charge in [-0.1, -0.05) is 74.0 Å². The first kappa shape index (κ1) is 21.4. The largest absolute Gasteiger partial charge is 0.497 e. The van der Waals surface area contributed by atoms with Crippen LogP contribution in [0.15, 0.2) is 100 Å². The van der Waals surface area contributed by atoms with Crippen molar-refractivity contribution < 1.29 is 9.15 Å². The number of anilines is 2. The molecule has 4 heteroatoms. The standard InChI is InChI=1S/C28H27NO3/c1-3-4-19-29(23-15-17-24(31-2)18-16-23)26-20-25(21-11-7-5-8-12-21)27(32-28(26)30)22-13-9-6-10-14-22/h5-18,20H,3-4,19H2,1-2H3. The summed E-state index contributed by atoms with van der Waals surface area (Å²) in [4.78, 5) is 15.3. The van der Waals surface area contributed by atoms with E-state index in [-0.39, 0.29) is 5.63 Å². The van der Waals surface area contributed by atoms with Crippen molar-refractivity contribution >= 4 is 11.4 Å². The molecule has 32 heavy (non-hydrogen) atoms. The van der Waals surface area contributed by atoms with Crippen LogP contribution in [-0.2, 0) is 0 Å². The minimum Gasteiger partial charge on any atom is -0.497 e. The van der Waals surface area contributed by atoms with Crippen molar-refractivity contribution in [1.29, 1.82) is 0 Å².